The van der Waals surface area contributed by atoms with Crippen LogP contribution in [0.2, 0.25) is 0 Å². The summed E-state index contributed by atoms with van der Waals surface area (Å²) in [5.41, 5.74) is 15.7. The molecule has 6 aromatic carbocycles. The standard InChI is InChI=1S/C42H37P/c1-26-7-14-32(15-8-26)36-21-30(5)22-37(33-16-9-27(2)10-17-33)41(36)43-40-25-29(4)13-20-35(40)39-24-31(6)23-38(42(39)43)34-18-11-28(3)12-19-34/h7-25H,1-6H3. The molecule has 0 spiro atoms. The molecule has 0 aliphatic carbocycles. The summed E-state index contributed by atoms with van der Waals surface area (Å²) in [6, 6.07) is 44.2. The molecule has 0 aliphatic rings. The molecule has 0 N–H and O–H groups in total. The fourth-order valence-electron chi connectivity index (χ4n) is 6.51. The van der Waals surface area contributed by atoms with Crippen LogP contribution in [-0.2, 0) is 0 Å². The molecule has 0 aliphatic heterocycles. The lowest BCUT2D eigenvalue weighted by Crippen LogP contribution is -1.90. The van der Waals surface area contributed by atoms with Gasteiger partial charge >= 0.3 is 0 Å². The van der Waals surface area contributed by atoms with Crippen LogP contribution in [0.25, 0.3) is 59.7 Å². The fraction of sp³-hybridized carbons (Fsp3) is 0.143. The molecule has 7 aromatic rings. The van der Waals surface area contributed by atoms with Gasteiger partial charge in [0, 0.05) is 15.5 Å². The van der Waals surface area contributed by atoms with E-state index in [1.807, 2.05) is 0 Å². The minimum atomic E-state index is -0.869. The van der Waals surface area contributed by atoms with Crippen molar-refractivity contribution in [1.82, 2.24) is 0 Å². The summed E-state index contributed by atoms with van der Waals surface area (Å²) in [7, 11) is -0.869. The van der Waals surface area contributed by atoms with Gasteiger partial charge in [0.05, 0.1) is 0 Å². The van der Waals surface area contributed by atoms with Crippen LogP contribution in [0.5, 0.6) is 0 Å². The fourth-order valence-corrected chi connectivity index (χ4v) is 9.71. The van der Waals surface area contributed by atoms with Gasteiger partial charge in [-0.1, -0.05) is 139 Å². The Morgan fingerprint density at radius 1 is 0.349 bits per heavy atom. The summed E-state index contributed by atoms with van der Waals surface area (Å²) in [4.78, 5) is 0. The lowest BCUT2D eigenvalue weighted by atomic mass is 9.95. The molecule has 1 aromatic heterocycles. The third-order valence-electron chi connectivity index (χ3n) is 8.73. The lowest BCUT2D eigenvalue weighted by Gasteiger charge is -2.20. The van der Waals surface area contributed by atoms with Crippen molar-refractivity contribution in [1.29, 1.82) is 0 Å². The van der Waals surface area contributed by atoms with Crippen molar-refractivity contribution in [2.75, 3.05) is 0 Å². The molecular weight excluding hydrogens is 535 g/mol. The van der Waals surface area contributed by atoms with Gasteiger partial charge in [0.15, 0.2) is 0 Å². The number of fused-ring (bicyclic) bond motifs is 3. The number of aryl methyl sites for hydroxylation is 6. The first-order valence-corrected chi connectivity index (χ1v) is 16.5. The predicted molar refractivity (Wildman–Crippen MR) is 190 cm³/mol. The molecule has 1 atom stereocenters. The molecule has 1 unspecified atom stereocenters. The topological polar surface area (TPSA) is 0 Å². The first-order valence-electron chi connectivity index (χ1n) is 15.2. The van der Waals surface area contributed by atoms with E-state index >= 15 is 0 Å². The Labute approximate surface area is 256 Å². The molecule has 0 saturated heterocycles. The Hall–Kier alpha value is -4.38. The first-order chi connectivity index (χ1) is 20.8. The Bertz CT molecular complexity index is 2070. The molecule has 210 valence electrons. The van der Waals surface area contributed by atoms with E-state index in [4.69, 9.17) is 0 Å². The molecular formula is C42H37P. The highest BCUT2D eigenvalue weighted by Gasteiger charge is 2.24. The van der Waals surface area contributed by atoms with Crippen LogP contribution in [0.15, 0.2) is 115 Å². The highest BCUT2D eigenvalue weighted by Crippen LogP contribution is 2.62. The van der Waals surface area contributed by atoms with Crippen molar-refractivity contribution in [2.45, 2.75) is 41.5 Å². The largest absolute Gasteiger partial charge is 0.0753 e. The average Bonchev–Trinajstić information content (AvgIpc) is 3.30. The monoisotopic (exact) mass is 572 g/mol. The third kappa shape index (κ3) is 4.91. The maximum atomic E-state index is 2.47. The van der Waals surface area contributed by atoms with Gasteiger partial charge in [0.2, 0.25) is 0 Å². The number of hydrogen-bond donors (Lipinski definition) is 0. The summed E-state index contributed by atoms with van der Waals surface area (Å²) < 4.78 is 0. The van der Waals surface area contributed by atoms with E-state index in [9.17, 15) is 0 Å². The highest BCUT2D eigenvalue weighted by atomic mass is 31.1. The van der Waals surface area contributed by atoms with Crippen LogP contribution >= 0.6 is 7.53 Å². The van der Waals surface area contributed by atoms with Crippen LogP contribution in [0, 0.1) is 41.5 Å². The van der Waals surface area contributed by atoms with Crippen molar-refractivity contribution in [2.24, 2.45) is 0 Å². The van der Waals surface area contributed by atoms with Crippen molar-refractivity contribution in [3.05, 3.63) is 149 Å². The van der Waals surface area contributed by atoms with Gasteiger partial charge in [0.25, 0.3) is 0 Å². The molecule has 1 heterocycles. The van der Waals surface area contributed by atoms with E-state index in [1.54, 1.807) is 0 Å². The van der Waals surface area contributed by atoms with Gasteiger partial charge < -0.3 is 0 Å². The van der Waals surface area contributed by atoms with E-state index in [0.717, 1.165) is 0 Å². The first kappa shape index (κ1) is 27.5. The average molecular weight is 573 g/mol. The zero-order valence-corrected chi connectivity index (χ0v) is 26.8. The van der Waals surface area contributed by atoms with E-state index < -0.39 is 7.53 Å². The van der Waals surface area contributed by atoms with Gasteiger partial charge in [-0.25, -0.2) is 0 Å². The van der Waals surface area contributed by atoms with Crippen molar-refractivity contribution in [3.8, 4) is 38.7 Å². The van der Waals surface area contributed by atoms with Gasteiger partial charge in [-0.15, -0.1) is 0 Å². The van der Waals surface area contributed by atoms with Crippen LogP contribution in [0.3, 0.4) is 0 Å². The van der Waals surface area contributed by atoms with Gasteiger partial charge in [-0.05, 0) is 103 Å². The van der Waals surface area contributed by atoms with Crippen molar-refractivity contribution in [3.63, 3.8) is 0 Å². The SMILES string of the molecule is Cc1ccc(-c2cc(C)cc(-c3ccc(C)cc3)c2-p2c3cc(C)ccc3c3cc(C)cc(-c4ccc(C)cc4)c32)cc1. The van der Waals surface area contributed by atoms with Crippen LogP contribution in [0.4, 0.5) is 0 Å². The van der Waals surface area contributed by atoms with E-state index in [-0.39, 0.29) is 0 Å². The molecule has 0 saturated carbocycles. The lowest BCUT2D eigenvalue weighted by molar-refractivity contribution is 1.44. The Balaban J connectivity index is 1.71. The number of hydrogen-bond acceptors (Lipinski definition) is 0. The van der Waals surface area contributed by atoms with Gasteiger partial charge in [-0.2, -0.15) is 0 Å². The molecule has 0 fully saturated rings. The minimum Gasteiger partial charge on any atom is -0.0753 e. The Morgan fingerprint density at radius 3 is 1.28 bits per heavy atom. The van der Waals surface area contributed by atoms with Crippen LogP contribution in [-0.4, -0.2) is 0 Å². The second kappa shape index (κ2) is 10.7. The Morgan fingerprint density at radius 2 is 0.767 bits per heavy atom. The van der Waals surface area contributed by atoms with Crippen molar-refractivity contribution < 1.29 is 0 Å². The second-order valence-electron chi connectivity index (χ2n) is 12.4. The highest BCUT2D eigenvalue weighted by molar-refractivity contribution is 7.68. The summed E-state index contributed by atoms with van der Waals surface area (Å²) in [6.07, 6.45) is 0. The molecule has 43 heavy (non-hydrogen) atoms. The summed E-state index contributed by atoms with van der Waals surface area (Å²) >= 11 is 0. The smallest absolute Gasteiger partial charge is 0.0147 e. The molecule has 0 nitrogen and oxygen atoms in total. The van der Waals surface area contributed by atoms with Crippen LogP contribution in [0.1, 0.15) is 33.4 Å². The van der Waals surface area contributed by atoms with E-state index in [0.29, 0.717) is 0 Å². The summed E-state index contributed by atoms with van der Waals surface area (Å²) in [5.74, 6) is 0. The number of rotatable bonds is 4. The van der Waals surface area contributed by atoms with Gasteiger partial charge in [0.1, 0.15) is 0 Å². The Kier molecular flexibility index (Phi) is 6.84. The second-order valence-corrected chi connectivity index (χ2v) is 14.4. The normalized spacial score (nSPS) is 11.9. The maximum absolute atomic E-state index is 2.47. The minimum absolute atomic E-state index is 0.869. The molecule has 0 radical (unpaired) electrons. The molecule has 0 amide bonds. The van der Waals surface area contributed by atoms with Crippen molar-refractivity contribution >= 4 is 28.5 Å². The molecule has 0 bridgehead atoms. The molecule has 1 heteroatoms. The quantitative estimate of drug-likeness (QED) is 0.197. The summed E-state index contributed by atoms with van der Waals surface area (Å²) in [5, 5.41) is 7.18. The molecule has 7 rings (SSSR count). The predicted octanol–water partition coefficient (Wildman–Crippen LogP) is 12.8. The zero-order valence-electron chi connectivity index (χ0n) is 25.9. The third-order valence-corrected chi connectivity index (χ3v) is 11.4. The van der Waals surface area contributed by atoms with E-state index in [2.05, 4.69) is 157 Å². The van der Waals surface area contributed by atoms with E-state index in [1.165, 1.54) is 93.1 Å². The van der Waals surface area contributed by atoms with Gasteiger partial charge in [-0.3, -0.25) is 0 Å². The zero-order chi connectivity index (χ0) is 29.8. The summed E-state index contributed by atoms with van der Waals surface area (Å²) in [6.45, 7) is 13.2. The maximum Gasteiger partial charge on any atom is 0.0147 e. The van der Waals surface area contributed by atoms with Crippen LogP contribution < -0.4 is 0 Å². The number of benzene rings is 6.